The molecule has 1 aromatic heterocycles. The van der Waals surface area contributed by atoms with Crippen LogP contribution in [0.3, 0.4) is 0 Å². The van der Waals surface area contributed by atoms with E-state index in [2.05, 4.69) is 16.8 Å². The van der Waals surface area contributed by atoms with Gasteiger partial charge in [-0.1, -0.05) is 47.1 Å². The van der Waals surface area contributed by atoms with E-state index in [-0.39, 0.29) is 11.7 Å². The minimum absolute atomic E-state index is 0.0131. The third-order valence-electron chi connectivity index (χ3n) is 3.35. The van der Waals surface area contributed by atoms with E-state index >= 15 is 0 Å². The zero-order valence-electron chi connectivity index (χ0n) is 14.0. The molecule has 0 aliphatic heterocycles. The molecule has 0 bridgehead atoms. The molecule has 0 atom stereocenters. The molecule has 1 aromatic carbocycles. The second-order valence-electron chi connectivity index (χ2n) is 5.45. The highest BCUT2D eigenvalue weighted by atomic mass is 35.5. The van der Waals surface area contributed by atoms with Gasteiger partial charge in [0.05, 0.1) is 10.8 Å². The summed E-state index contributed by atoms with van der Waals surface area (Å²) in [6.45, 7) is 8.81. The molecule has 1 amide bonds. The maximum atomic E-state index is 12.3. The molecule has 6 nitrogen and oxygen atoms in total. The number of benzene rings is 1. The maximum Gasteiger partial charge on any atom is 0.233 e. The van der Waals surface area contributed by atoms with Crippen molar-refractivity contribution in [3.63, 3.8) is 0 Å². The number of hydrogen-bond donors (Lipinski definition) is 1. The smallest absolute Gasteiger partial charge is 0.233 e. The van der Waals surface area contributed by atoms with Crippen molar-refractivity contribution in [1.82, 2.24) is 19.8 Å². The molecular weight excluding hydrogens is 381 g/mol. The zero-order chi connectivity index (χ0) is 18.6. The summed E-state index contributed by atoms with van der Waals surface area (Å²) in [4.78, 5) is 14.0. The Balaban J connectivity index is 2.12. The molecule has 0 saturated carbocycles. The van der Waals surface area contributed by atoms with Gasteiger partial charge in [0.25, 0.3) is 0 Å². The molecule has 0 saturated heterocycles. The predicted octanol–water partition coefficient (Wildman–Crippen LogP) is 3.48. The number of hydrogen-bond acceptors (Lipinski definition) is 5. The fraction of sp³-hybridized carbons (Fsp3) is 0.312. The van der Waals surface area contributed by atoms with Gasteiger partial charge in [-0.25, -0.2) is 4.68 Å². The Hall–Kier alpha value is -1.70. The van der Waals surface area contributed by atoms with Gasteiger partial charge in [-0.3, -0.25) is 4.79 Å². The van der Waals surface area contributed by atoms with E-state index in [9.17, 15) is 4.79 Å². The van der Waals surface area contributed by atoms with Crippen molar-refractivity contribution in [2.45, 2.75) is 19.0 Å². The number of carbonyl (C=O) groups is 1. The van der Waals surface area contributed by atoms with Crippen LogP contribution in [0.2, 0.25) is 10.0 Å². The van der Waals surface area contributed by atoms with E-state index in [0.29, 0.717) is 39.7 Å². The molecule has 0 unspecified atom stereocenters. The molecule has 134 valence electrons. The van der Waals surface area contributed by atoms with E-state index in [0.717, 1.165) is 5.57 Å². The largest absolute Gasteiger partial charge is 0.338 e. The highest BCUT2D eigenvalue weighted by Gasteiger charge is 2.18. The molecule has 2 rings (SSSR count). The molecule has 0 spiro atoms. The number of amides is 1. The highest BCUT2D eigenvalue weighted by Crippen LogP contribution is 2.30. The van der Waals surface area contributed by atoms with Crippen molar-refractivity contribution in [2.24, 2.45) is 0 Å². The van der Waals surface area contributed by atoms with E-state index in [1.54, 1.807) is 23.1 Å². The van der Waals surface area contributed by atoms with Gasteiger partial charge in [0.15, 0.2) is 5.82 Å². The first-order valence-electron chi connectivity index (χ1n) is 7.54. The molecule has 1 heterocycles. The first-order chi connectivity index (χ1) is 11.8. The maximum absolute atomic E-state index is 12.3. The SMILES string of the molecule is C=C(C)CN(CC)C(=O)CSc1nnc(-c2cc(Cl)ccc2Cl)n1N. The van der Waals surface area contributed by atoms with Crippen LogP contribution in [0, 0.1) is 0 Å². The summed E-state index contributed by atoms with van der Waals surface area (Å²) in [6, 6.07) is 5.02. The van der Waals surface area contributed by atoms with Gasteiger partial charge in [-0.05, 0) is 32.0 Å². The number of nitrogens with zero attached hydrogens (tertiary/aromatic N) is 4. The number of nitrogens with two attached hydrogens (primary N) is 1. The molecule has 25 heavy (non-hydrogen) atoms. The monoisotopic (exact) mass is 399 g/mol. The van der Waals surface area contributed by atoms with E-state index in [1.807, 2.05) is 13.8 Å². The van der Waals surface area contributed by atoms with Crippen LogP contribution in [-0.2, 0) is 4.79 Å². The third kappa shape index (κ3) is 4.90. The molecule has 0 aliphatic carbocycles. The Morgan fingerprint density at radius 1 is 1.40 bits per heavy atom. The first-order valence-corrected chi connectivity index (χ1v) is 9.28. The van der Waals surface area contributed by atoms with Gasteiger partial charge in [-0.15, -0.1) is 10.2 Å². The normalized spacial score (nSPS) is 10.7. The average molecular weight is 400 g/mol. The van der Waals surface area contributed by atoms with Gasteiger partial charge < -0.3 is 10.7 Å². The lowest BCUT2D eigenvalue weighted by molar-refractivity contribution is -0.127. The van der Waals surface area contributed by atoms with Crippen molar-refractivity contribution in [3.8, 4) is 11.4 Å². The Morgan fingerprint density at radius 2 is 2.12 bits per heavy atom. The molecule has 2 aromatic rings. The van der Waals surface area contributed by atoms with E-state index in [1.165, 1.54) is 16.4 Å². The van der Waals surface area contributed by atoms with Crippen LogP contribution in [0.1, 0.15) is 13.8 Å². The summed E-state index contributed by atoms with van der Waals surface area (Å²) >= 11 is 13.4. The van der Waals surface area contributed by atoms with Gasteiger partial charge in [0.1, 0.15) is 0 Å². The number of likely N-dealkylation sites (N-methyl/N-ethyl adjacent to an activating group) is 1. The van der Waals surface area contributed by atoms with Crippen LogP contribution in [0.25, 0.3) is 11.4 Å². The molecule has 9 heteroatoms. The Bertz CT molecular complexity index is 793. The lowest BCUT2D eigenvalue weighted by Crippen LogP contribution is -2.33. The number of carbonyl (C=O) groups excluding carboxylic acids is 1. The van der Waals surface area contributed by atoms with Crippen LogP contribution in [0.15, 0.2) is 35.5 Å². The quantitative estimate of drug-likeness (QED) is 0.438. The second-order valence-corrected chi connectivity index (χ2v) is 7.24. The highest BCUT2D eigenvalue weighted by molar-refractivity contribution is 7.99. The van der Waals surface area contributed by atoms with E-state index in [4.69, 9.17) is 29.0 Å². The number of nitrogen functional groups attached to an aromatic ring is 1. The summed E-state index contributed by atoms with van der Waals surface area (Å²) in [5.41, 5.74) is 1.51. The Kier molecular flexibility index (Phi) is 6.75. The molecule has 0 fully saturated rings. The first kappa shape index (κ1) is 19.6. The summed E-state index contributed by atoms with van der Waals surface area (Å²) in [5, 5.41) is 9.51. The Labute approximate surface area is 161 Å². The fourth-order valence-electron chi connectivity index (χ4n) is 2.15. The second kappa shape index (κ2) is 8.60. The molecule has 0 aliphatic rings. The summed E-state index contributed by atoms with van der Waals surface area (Å²) < 4.78 is 1.31. The van der Waals surface area contributed by atoms with Crippen molar-refractivity contribution >= 4 is 40.9 Å². The standard InChI is InChI=1S/C16H19Cl2N5OS/c1-4-22(8-10(2)3)14(24)9-25-16-21-20-15(23(16)19)12-7-11(17)5-6-13(12)18/h5-7H,2,4,8-9,19H2,1,3H3. The van der Waals surface area contributed by atoms with Gasteiger partial charge in [0.2, 0.25) is 11.1 Å². The number of rotatable bonds is 7. The number of thioether (sulfide) groups is 1. The molecule has 0 radical (unpaired) electrons. The van der Waals surface area contributed by atoms with Crippen LogP contribution in [-0.4, -0.2) is 44.5 Å². The van der Waals surface area contributed by atoms with Crippen LogP contribution < -0.4 is 5.84 Å². The number of halogens is 2. The van der Waals surface area contributed by atoms with Gasteiger partial charge >= 0.3 is 0 Å². The van der Waals surface area contributed by atoms with Crippen molar-refractivity contribution in [2.75, 3.05) is 24.7 Å². The lowest BCUT2D eigenvalue weighted by Gasteiger charge is -2.20. The zero-order valence-corrected chi connectivity index (χ0v) is 16.3. The van der Waals surface area contributed by atoms with Crippen molar-refractivity contribution in [1.29, 1.82) is 0 Å². The topological polar surface area (TPSA) is 77.0 Å². The average Bonchev–Trinajstić information content (AvgIpc) is 2.93. The fourth-order valence-corrected chi connectivity index (χ4v) is 3.28. The van der Waals surface area contributed by atoms with Crippen molar-refractivity contribution in [3.05, 3.63) is 40.4 Å². The minimum Gasteiger partial charge on any atom is -0.338 e. The summed E-state index contributed by atoms with van der Waals surface area (Å²) in [5.74, 6) is 6.64. The van der Waals surface area contributed by atoms with Crippen LogP contribution in [0.4, 0.5) is 0 Å². The number of aromatic nitrogens is 3. The van der Waals surface area contributed by atoms with Crippen molar-refractivity contribution < 1.29 is 4.79 Å². The Morgan fingerprint density at radius 3 is 2.76 bits per heavy atom. The summed E-state index contributed by atoms with van der Waals surface area (Å²) in [7, 11) is 0. The van der Waals surface area contributed by atoms with E-state index < -0.39 is 0 Å². The van der Waals surface area contributed by atoms with Gasteiger partial charge in [-0.2, -0.15) is 0 Å². The van der Waals surface area contributed by atoms with Crippen LogP contribution >= 0.6 is 35.0 Å². The third-order valence-corrected chi connectivity index (χ3v) is 4.85. The van der Waals surface area contributed by atoms with Crippen LogP contribution in [0.5, 0.6) is 0 Å². The summed E-state index contributed by atoms with van der Waals surface area (Å²) in [6.07, 6.45) is 0. The predicted molar refractivity (Wildman–Crippen MR) is 103 cm³/mol. The molecule has 2 N–H and O–H groups in total. The molecular formula is C16H19Cl2N5OS. The van der Waals surface area contributed by atoms with Gasteiger partial charge in [0, 0.05) is 23.7 Å². The minimum atomic E-state index is -0.0131. The lowest BCUT2D eigenvalue weighted by atomic mass is 10.2.